The summed E-state index contributed by atoms with van der Waals surface area (Å²) in [5, 5.41) is 28.7. The second-order valence-electron chi connectivity index (χ2n) is 6.75. The topological polar surface area (TPSA) is 79.2 Å². The Bertz CT molecular complexity index is 310. The van der Waals surface area contributed by atoms with Crippen LogP contribution < -0.4 is 0 Å². The second kappa shape index (κ2) is 13.8. The second-order valence-corrected chi connectivity index (χ2v) is 6.75. The van der Waals surface area contributed by atoms with Crippen LogP contribution in [0, 0.1) is 0 Å². The van der Waals surface area contributed by atoms with E-state index in [0.717, 1.165) is 19.3 Å². The molecule has 0 aromatic carbocycles. The van der Waals surface area contributed by atoms with E-state index in [0.29, 0.717) is 6.61 Å². The number of hydrogen-bond acceptors (Lipinski definition) is 5. The molecule has 1 aliphatic heterocycles. The Morgan fingerprint density at radius 3 is 2.08 bits per heavy atom. The van der Waals surface area contributed by atoms with Crippen molar-refractivity contribution in [3.8, 4) is 0 Å². The van der Waals surface area contributed by atoms with Crippen molar-refractivity contribution in [2.75, 3.05) is 19.8 Å². The molecular formula is C19H36O5. The molecule has 0 spiro atoms. The Balaban J connectivity index is 1.85. The van der Waals surface area contributed by atoms with Crippen LogP contribution in [0.25, 0.3) is 0 Å². The normalized spacial score (nSPS) is 27.3. The molecule has 0 saturated carbocycles. The number of unbranched alkanes of at least 4 members (excludes halogenated alkanes) is 9. The van der Waals surface area contributed by atoms with Crippen molar-refractivity contribution in [1.29, 1.82) is 0 Å². The van der Waals surface area contributed by atoms with Gasteiger partial charge in [0.2, 0.25) is 0 Å². The fraction of sp³-hybridized carbons (Fsp3) is 0.895. The Morgan fingerprint density at radius 2 is 1.46 bits per heavy atom. The van der Waals surface area contributed by atoms with Crippen LogP contribution in [0.1, 0.15) is 64.2 Å². The third kappa shape index (κ3) is 9.14. The van der Waals surface area contributed by atoms with Crippen molar-refractivity contribution in [2.24, 2.45) is 0 Å². The van der Waals surface area contributed by atoms with Crippen LogP contribution in [-0.4, -0.2) is 59.6 Å². The Labute approximate surface area is 146 Å². The van der Waals surface area contributed by atoms with Crippen LogP contribution in [-0.2, 0) is 9.47 Å². The van der Waals surface area contributed by atoms with E-state index >= 15 is 0 Å². The van der Waals surface area contributed by atoms with E-state index in [9.17, 15) is 15.3 Å². The van der Waals surface area contributed by atoms with Crippen molar-refractivity contribution < 1.29 is 24.8 Å². The summed E-state index contributed by atoms with van der Waals surface area (Å²) >= 11 is 0. The van der Waals surface area contributed by atoms with Crippen molar-refractivity contribution in [3.63, 3.8) is 0 Å². The Kier molecular flexibility index (Phi) is 12.4. The van der Waals surface area contributed by atoms with Crippen LogP contribution in [0.4, 0.5) is 0 Å². The van der Waals surface area contributed by atoms with Gasteiger partial charge in [0.25, 0.3) is 0 Å². The fourth-order valence-corrected chi connectivity index (χ4v) is 2.94. The molecule has 5 heteroatoms. The van der Waals surface area contributed by atoms with E-state index in [-0.39, 0.29) is 13.2 Å². The lowest BCUT2D eigenvalue weighted by Crippen LogP contribution is -2.54. The summed E-state index contributed by atoms with van der Waals surface area (Å²) in [6.45, 7) is 4.68. The molecule has 24 heavy (non-hydrogen) atoms. The van der Waals surface area contributed by atoms with Gasteiger partial charge in [-0.1, -0.05) is 51.0 Å². The summed E-state index contributed by atoms with van der Waals surface area (Å²) in [5.74, 6) is 0. The highest BCUT2D eigenvalue weighted by atomic mass is 16.6. The van der Waals surface area contributed by atoms with Gasteiger partial charge in [0.05, 0.1) is 13.2 Å². The van der Waals surface area contributed by atoms with Gasteiger partial charge in [0.15, 0.2) is 0 Å². The zero-order valence-corrected chi connectivity index (χ0v) is 14.9. The molecule has 0 aromatic heterocycles. The number of aliphatic hydroxyl groups is 3. The molecule has 3 N–H and O–H groups in total. The smallest absolute Gasteiger partial charge is 0.111 e. The van der Waals surface area contributed by atoms with Crippen LogP contribution in [0.15, 0.2) is 12.7 Å². The average molecular weight is 344 g/mol. The standard InChI is InChI=1S/C19H36O5/c1-2-3-4-5-6-7-8-9-10-11-12-13-23-15-17-19(22)18(21)16(20)14-24-17/h2,16-22H,1,3-15H2/t16-,17+,18+,19+/m0/s1. The number of allylic oxidation sites excluding steroid dienone is 1. The molecule has 0 aromatic rings. The van der Waals surface area contributed by atoms with Gasteiger partial charge >= 0.3 is 0 Å². The molecule has 142 valence electrons. The number of aliphatic hydroxyl groups excluding tert-OH is 3. The molecule has 1 saturated heterocycles. The maximum Gasteiger partial charge on any atom is 0.111 e. The first kappa shape index (κ1) is 21.6. The zero-order chi connectivity index (χ0) is 17.6. The highest BCUT2D eigenvalue weighted by molar-refractivity contribution is 4.86. The third-order valence-corrected chi connectivity index (χ3v) is 4.59. The lowest BCUT2D eigenvalue weighted by Gasteiger charge is -2.35. The minimum Gasteiger partial charge on any atom is -0.388 e. The summed E-state index contributed by atoms with van der Waals surface area (Å²) < 4.78 is 10.8. The number of rotatable bonds is 14. The molecule has 1 aliphatic rings. The van der Waals surface area contributed by atoms with Crippen LogP contribution >= 0.6 is 0 Å². The van der Waals surface area contributed by atoms with Crippen molar-refractivity contribution in [3.05, 3.63) is 12.7 Å². The Hall–Kier alpha value is -0.460. The number of ether oxygens (including phenoxy) is 2. The van der Waals surface area contributed by atoms with E-state index < -0.39 is 24.4 Å². The highest BCUT2D eigenvalue weighted by Crippen LogP contribution is 2.16. The van der Waals surface area contributed by atoms with Gasteiger partial charge < -0.3 is 24.8 Å². The molecule has 0 radical (unpaired) electrons. The highest BCUT2D eigenvalue weighted by Gasteiger charge is 2.37. The summed E-state index contributed by atoms with van der Waals surface area (Å²) in [4.78, 5) is 0. The summed E-state index contributed by atoms with van der Waals surface area (Å²) in [5.41, 5.74) is 0. The SMILES string of the molecule is C=CCCCCCCCCCCCOC[C@H]1OC[C@H](O)[C@@H](O)[C@@H]1O. The molecule has 0 aliphatic carbocycles. The summed E-state index contributed by atoms with van der Waals surface area (Å²) in [6.07, 6.45) is 10.6. The molecule has 1 rings (SSSR count). The summed E-state index contributed by atoms with van der Waals surface area (Å²) in [6, 6.07) is 0. The van der Waals surface area contributed by atoms with Gasteiger partial charge in [-0.2, -0.15) is 0 Å². The van der Waals surface area contributed by atoms with Gasteiger partial charge in [-0.15, -0.1) is 6.58 Å². The van der Waals surface area contributed by atoms with Crippen LogP contribution in [0.3, 0.4) is 0 Å². The quantitative estimate of drug-likeness (QED) is 0.333. The van der Waals surface area contributed by atoms with Gasteiger partial charge in [0.1, 0.15) is 24.4 Å². The third-order valence-electron chi connectivity index (χ3n) is 4.59. The van der Waals surface area contributed by atoms with Gasteiger partial charge in [0, 0.05) is 6.61 Å². The minimum atomic E-state index is -1.15. The molecule has 1 heterocycles. The minimum absolute atomic E-state index is 0.0415. The zero-order valence-electron chi connectivity index (χ0n) is 14.9. The molecule has 0 unspecified atom stereocenters. The van der Waals surface area contributed by atoms with Crippen LogP contribution in [0.5, 0.6) is 0 Å². The first-order chi connectivity index (χ1) is 11.7. The van der Waals surface area contributed by atoms with E-state index in [1.165, 1.54) is 44.9 Å². The van der Waals surface area contributed by atoms with Gasteiger partial charge in [-0.05, 0) is 19.3 Å². The molecule has 5 nitrogen and oxygen atoms in total. The summed E-state index contributed by atoms with van der Waals surface area (Å²) in [7, 11) is 0. The fourth-order valence-electron chi connectivity index (χ4n) is 2.94. The molecule has 0 amide bonds. The van der Waals surface area contributed by atoms with Crippen molar-refractivity contribution >= 4 is 0 Å². The molecule has 4 atom stereocenters. The van der Waals surface area contributed by atoms with E-state index in [1.807, 2.05) is 6.08 Å². The first-order valence-corrected chi connectivity index (χ1v) is 9.51. The molecular weight excluding hydrogens is 308 g/mol. The van der Waals surface area contributed by atoms with E-state index in [4.69, 9.17) is 9.47 Å². The molecule has 1 fully saturated rings. The predicted molar refractivity (Wildman–Crippen MR) is 94.9 cm³/mol. The van der Waals surface area contributed by atoms with Gasteiger partial charge in [-0.3, -0.25) is 0 Å². The lowest BCUT2D eigenvalue weighted by atomic mass is 10.0. The van der Waals surface area contributed by atoms with Crippen LogP contribution in [0.2, 0.25) is 0 Å². The predicted octanol–water partition coefficient (Wildman–Crippen LogP) is 2.57. The maximum atomic E-state index is 9.78. The van der Waals surface area contributed by atoms with Gasteiger partial charge in [-0.25, -0.2) is 0 Å². The monoisotopic (exact) mass is 344 g/mol. The van der Waals surface area contributed by atoms with Crippen molar-refractivity contribution in [2.45, 2.75) is 88.6 Å². The molecule has 0 bridgehead atoms. The van der Waals surface area contributed by atoms with E-state index in [2.05, 4.69) is 6.58 Å². The Morgan fingerprint density at radius 1 is 0.875 bits per heavy atom. The number of hydrogen-bond donors (Lipinski definition) is 3. The maximum absolute atomic E-state index is 9.78. The first-order valence-electron chi connectivity index (χ1n) is 9.51. The lowest BCUT2D eigenvalue weighted by molar-refractivity contribution is -0.199. The van der Waals surface area contributed by atoms with E-state index in [1.54, 1.807) is 0 Å². The average Bonchev–Trinajstić information content (AvgIpc) is 2.58. The largest absolute Gasteiger partial charge is 0.388 e. The van der Waals surface area contributed by atoms with Crippen molar-refractivity contribution in [1.82, 2.24) is 0 Å².